The second-order valence-electron chi connectivity index (χ2n) is 8.82. The summed E-state index contributed by atoms with van der Waals surface area (Å²) >= 11 is 0. The Bertz CT molecular complexity index is 866. The maximum Gasteiger partial charge on any atom is 0.272 e. The van der Waals surface area contributed by atoms with Gasteiger partial charge in [-0.25, -0.2) is 14.4 Å². The highest BCUT2D eigenvalue weighted by Crippen LogP contribution is 2.32. The molecule has 0 saturated carbocycles. The van der Waals surface area contributed by atoms with Crippen molar-refractivity contribution in [1.29, 1.82) is 0 Å². The third-order valence-electron chi connectivity index (χ3n) is 5.34. The number of aromatic nitrogens is 3. The van der Waals surface area contributed by atoms with Crippen molar-refractivity contribution in [2.45, 2.75) is 58.2 Å². The number of hydrogen-bond donors (Lipinski definition) is 0. The molecule has 1 amide bonds. The van der Waals surface area contributed by atoms with E-state index in [0.29, 0.717) is 49.7 Å². The van der Waals surface area contributed by atoms with Gasteiger partial charge in [0.15, 0.2) is 0 Å². The molecule has 1 fully saturated rings. The summed E-state index contributed by atoms with van der Waals surface area (Å²) in [7, 11) is 1.75. The number of amides is 1. The van der Waals surface area contributed by atoms with Crippen LogP contribution < -0.4 is 0 Å². The molecule has 1 saturated heterocycles. The number of rotatable bonds is 5. The molecule has 158 valence electrons. The Labute approximate surface area is 172 Å². The summed E-state index contributed by atoms with van der Waals surface area (Å²) in [5, 5.41) is 0. The molecule has 7 heteroatoms. The van der Waals surface area contributed by atoms with Gasteiger partial charge in [-0.05, 0) is 19.1 Å². The Kier molecular flexibility index (Phi) is 6.08. The van der Waals surface area contributed by atoms with E-state index in [1.54, 1.807) is 18.0 Å². The standard InChI is InChI=1S/C22H31FN4O2/c1-6-26(5)19(28)17-9-7-8-16(24-17)18-14-27(20(25-18)21(2,3)4)15-22(23)10-12-29-13-11-22/h7-9,14H,6,10-13,15H2,1-5H3. The molecule has 1 aliphatic rings. The monoisotopic (exact) mass is 402 g/mol. The molecule has 0 spiro atoms. The first-order valence-electron chi connectivity index (χ1n) is 10.2. The van der Waals surface area contributed by atoms with Crippen LogP contribution in [0.25, 0.3) is 11.4 Å². The fourth-order valence-electron chi connectivity index (χ4n) is 3.49. The zero-order valence-corrected chi connectivity index (χ0v) is 18.0. The second-order valence-corrected chi connectivity index (χ2v) is 8.82. The van der Waals surface area contributed by atoms with Gasteiger partial charge in [-0.15, -0.1) is 0 Å². The van der Waals surface area contributed by atoms with E-state index in [1.165, 1.54) is 0 Å². The number of hydrogen-bond acceptors (Lipinski definition) is 4. The highest BCUT2D eigenvalue weighted by Gasteiger charge is 2.35. The minimum absolute atomic E-state index is 0.130. The van der Waals surface area contributed by atoms with Crippen molar-refractivity contribution < 1.29 is 13.9 Å². The minimum atomic E-state index is -1.30. The smallest absolute Gasteiger partial charge is 0.272 e. The van der Waals surface area contributed by atoms with Gasteiger partial charge in [0.05, 0.1) is 12.2 Å². The highest BCUT2D eigenvalue weighted by molar-refractivity contribution is 5.92. The first-order valence-corrected chi connectivity index (χ1v) is 10.2. The largest absolute Gasteiger partial charge is 0.381 e. The maximum atomic E-state index is 15.3. The Morgan fingerprint density at radius 3 is 2.55 bits per heavy atom. The van der Waals surface area contributed by atoms with Gasteiger partial charge in [0, 0.05) is 51.3 Å². The van der Waals surface area contributed by atoms with Crippen molar-refractivity contribution >= 4 is 5.91 Å². The van der Waals surface area contributed by atoms with Crippen LogP contribution in [0.15, 0.2) is 24.4 Å². The number of pyridine rings is 1. The van der Waals surface area contributed by atoms with E-state index in [4.69, 9.17) is 9.72 Å². The van der Waals surface area contributed by atoms with E-state index in [2.05, 4.69) is 25.8 Å². The molecule has 0 aliphatic carbocycles. The number of carbonyl (C=O) groups excluding carboxylic acids is 1. The SMILES string of the molecule is CCN(C)C(=O)c1cccc(-c2cn(CC3(F)CCOCC3)c(C(C)(C)C)n2)n1. The molecule has 3 rings (SSSR count). The van der Waals surface area contributed by atoms with Crippen molar-refractivity contribution in [3.05, 3.63) is 35.9 Å². The van der Waals surface area contributed by atoms with Gasteiger partial charge in [0.25, 0.3) is 5.91 Å². The van der Waals surface area contributed by atoms with E-state index in [0.717, 1.165) is 5.82 Å². The van der Waals surface area contributed by atoms with Crippen LogP contribution in [-0.4, -0.2) is 57.8 Å². The zero-order chi connectivity index (χ0) is 21.2. The van der Waals surface area contributed by atoms with Gasteiger partial charge in [-0.1, -0.05) is 26.8 Å². The summed E-state index contributed by atoms with van der Waals surface area (Å²) in [6.45, 7) is 9.85. The Hall–Kier alpha value is -2.28. The maximum absolute atomic E-state index is 15.3. The van der Waals surface area contributed by atoms with Crippen LogP contribution in [0.2, 0.25) is 0 Å². The van der Waals surface area contributed by atoms with E-state index in [9.17, 15) is 4.79 Å². The summed E-state index contributed by atoms with van der Waals surface area (Å²) in [4.78, 5) is 23.4. The van der Waals surface area contributed by atoms with Gasteiger partial charge >= 0.3 is 0 Å². The first-order chi connectivity index (χ1) is 13.6. The van der Waals surface area contributed by atoms with Gasteiger partial charge in [0.1, 0.15) is 22.9 Å². The van der Waals surface area contributed by atoms with Crippen molar-refractivity contribution in [3.8, 4) is 11.4 Å². The average molecular weight is 403 g/mol. The van der Waals surface area contributed by atoms with Crippen molar-refractivity contribution in [2.24, 2.45) is 0 Å². The van der Waals surface area contributed by atoms with Crippen molar-refractivity contribution in [2.75, 3.05) is 26.8 Å². The molecular weight excluding hydrogens is 371 g/mol. The average Bonchev–Trinajstić information content (AvgIpc) is 3.11. The van der Waals surface area contributed by atoms with Gasteiger partial charge in [-0.3, -0.25) is 4.79 Å². The number of halogens is 1. The third kappa shape index (κ3) is 4.83. The lowest BCUT2D eigenvalue weighted by Gasteiger charge is -2.31. The minimum Gasteiger partial charge on any atom is -0.381 e. The van der Waals surface area contributed by atoms with Gasteiger partial charge < -0.3 is 14.2 Å². The van der Waals surface area contributed by atoms with Gasteiger partial charge in [-0.2, -0.15) is 0 Å². The normalized spacial score (nSPS) is 16.6. The molecule has 1 aliphatic heterocycles. The third-order valence-corrected chi connectivity index (χ3v) is 5.34. The molecule has 3 heterocycles. The molecule has 0 radical (unpaired) electrons. The predicted molar refractivity (Wildman–Crippen MR) is 111 cm³/mol. The number of alkyl halides is 1. The lowest BCUT2D eigenvalue weighted by molar-refractivity contribution is -0.0184. The summed E-state index contributed by atoms with van der Waals surface area (Å²) in [6, 6.07) is 5.35. The van der Waals surface area contributed by atoms with Crippen LogP contribution in [0.3, 0.4) is 0 Å². The van der Waals surface area contributed by atoms with Crippen LogP contribution in [0, 0.1) is 0 Å². The van der Waals surface area contributed by atoms with E-state index in [-0.39, 0.29) is 17.9 Å². The molecule has 2 aromatic heterocycles. The van der Waals surface area contributed by atoms with Crippen molar-refractivity contribution in [3.63, 3.8) is 0 Å². The Morgan fingerprint density at radius 1 is 1.24 bits per heavy atom. The van der Waals surface area contributed by atoms with Crippen molar-refractivity contribution in [1.82, 2.24) is 19.4 Å². The highest BCUT2D eigenvalue weighted by atomic mass is 19.1. The predicted octanol–water partition coefficient (Wildman–Crippen LogP) is 3.85. The quantitative estimate of drug-likeness (QED) is 0.762. The second kappa shape index (κ2) is 8.22. The number of carbonyl (C=O) groups is 1. The fraction of sp³-hybridized carbons (Fsp3) is 0.591. The zero-order valence-electron chi connectivity index (χ0n) is 18.0. The summed E-state index contributed by atoms with van der Waals surface area (Å²) in [5.74, 6) is 0.676. The van der Waals surface area contributed by atoms with E-state index >= 15 is 4.39 Å². The fourth-order valence-corrected chi connectivity index (χ4v) is 3.49. The van der Waals surface area contributed by atoms with E-state index in [1.807, 2.05) is 29.8 Å². The molecule has 0 N–H and O–H groups in total. The molecule has 6 nitrogen and oxygen atoms in total. The van der Waals surface area contributed by atoms with Crippen LogP contribution in [0.5, 0.6) is 0 Å². The summed E-state index contributed by atoms with van der Waals surface area (Å²) in [5.41, 5.74) is 0.0926. The van der Waals surface area contributed by atoms with Crippen LogP contribution in [-0.2, 0) is 16.7 Å². The molecule has 0 atom stereocenters. The molecule has 0 bridgehead atoms. The number of nitrogens with zero attached hydrogens (tertiary/aromatic N) is 4. The van der Waals surface area contributed by atoms with Crippen LogP contribution in [0.4, 0.5) is 4.39 Å². The lowest BCUT2D eigenvalue weighted by atomic mass is 9.93. The molecule has 29 heavy (non-hydrogen) atoms. The Morgan fingerprint density at radius 2 is 1.93 bits per heavy atom. The van der Waals surface area contributed by atoms with E-state index < -0.39 is 5.67 Å². The first kappa shape index (κ1) is 21.4. The van der Waals surface area contributed by atoms with Crippen LogP contribution in [0.1, 0.15) is 56.8 Å². The molecule has 2 aromatic rings. The van der Waals surface area contributed by atoms with Gasteiger partial charge in [0.2, 0.25) is 0 Å². The lowest BCUT2D eigenvalue weighted by Crippen LogP contribution is -2.37. The van der Waals surface area contributed by atoms with Crippen LogP contribution >= 0.6 is 0 Å². The molecule has 0 aromatic carbocycles. The number of ether oxygens (including phenoxy) is 1. The Balaban J connectivity index is 1.97. The topological polar surface area (TPSA) is 60.2 Å². The number of imidazole rings is 1. The molecular formula is C22H31FN4O2. The summed E-state index contributed by atoms with van der Waals surface area (Å²) in [6.07, 6.45) is 2.63. The molecule has 0 unspecified atom stereocenters. The summed E-state index contributed by atoms with van der Waals surface area (Å²) < 4.78 is 22.6.